The number of para-hydroxylation sites is 1. The zero-order valence-corrected chi connectivity index (χ0v) is 38.8. The van der Waals surface area contributed by atoms with Crippen LogP contribution in [0.2, 0.25) is 0 Å². The predicted octanol–water partition coefficient (Wildman–Crippen LogP) is 5.82. The Labute approximate surface area is 371 Å². The molecule has 3 saturated heterocycles. The Hall–Kier alpha value is -4.64. The molecule has 16 heteroatoms. The minimum atomic E-state index is -1.73. The predicted molar refractivity (Wildman–Crippen MR) is 234 cm³/mol. The van der Waals surface area contributed by atoms with Crippen LogP contribution in [0, 0.1) is 29.6 Å². The maximum atomic E-state index is 14.6. The average molecular weight is 881 g/mol. The number of rotatable bonds is 10. The Bertz CT molecular complexity index is 1990. The third-order valence-electron chi connectivity index (χ3n) is 13.0. The van der Waals surface area contributed by atoms with Gasteiger partial charge in [-0.15, -0.1) is 0 Å². The second-order valence-corrected chi connectivity index (χ2v) is 18.6. The molecule has 4 heterocycles. The van der Waals surface area contributed by atoms with E-state index in [9.17, 15) is 29.1 Å². The van der Waals surface area contributed by atoms with Crippen LogP contribution in [0.15, 0.2) is 42.6 Å². The molecule has 3 N–H and O–H groups in total. The Balaban J connectivity index is 1.59. The lowest BCUT2D eigenvalue weighted by Gasteiger charge is -2.48. The molecule has 0 saturated carbocycles. The first kappa shape index (κ1) is 49.4. The number of aliphatic hydroxyl groups is 1. The van der Waals surface area contributed by atoms with Crippen LogP contribution in [-0.4, -0.2) is 126 Å². The van der Waals surface area contributed by atoms with Gasteiger partial charge >= 0.3 is 24.1 Å². The average Bonchev–Trinajstić information content (AvgIpc) is 3.55. The number of ketones is 1. The van der Waals surface area contributed by atoms with Crippen LogP contribution in [0.1, 0.15) is 94.1 Å². The lowest BCUT2D eigenvalue weighted by molar-refractivity contribution is -0.298. The van der Waals surface area contributed by atoms with Crippen molar-refractivity contribution in [1.82, 2.24) is 20.5 Å². The van der Waals surface area contributed by atoms with Crippen LogP contribution in [0.25, 0.3) is 17.0 Å². The lowest BCUT2D eigenvalue weighted by atomic mass is 9.73. The van der Waals surface area contributed by atoms with Crippen LogP contribution in [0.4, 0.5) is 9.59 Å². The molecule has 0 spiro atoms. The van der Waals surface area contributed by atoms with Crippen LogP contribution >= 0.6 is 0 Å². The van der Waals surface area contributed by atoms with Crippen molar-refractivity contribution in [2.24, 2.45) is 29.6 Å². The number of aliphatic hydroxyl groups excluding tert-OH is 1. The van der Waals surface area contributed by atoms with E-state index in [1.165, 1.54) is 0 Å². The van der Waals surface area contributed by atoms with Crippen molar-refractivity contribution in [2.45, 2.75) is 149 Å². The van der Waals surface area contributed by atoms with Gasteiger partial charge in [-0.25, -0.2) is 9.59 Å². The highest BCUT2D eigenvalue weighted by atomic mass is 16.7. The van der Waals surface area contributed by atoms with Crippen molar-refractivity contribution in [3.8, 4) is 0 Å². The number of aromatic nitrogens is 1. The van der Waals surface area contributed by atoms with E-state index in [1.807, 2.05) is 62.3 Å². The van der Waals surface area contributed by atoms with E-state index in [-0.39, 0.29) is 37.3 Å². The molecule has 16 nitrogen and oxygen atoms in total. The van der Waals surface area contributed by atoms with Gasteiger partial charge in [0.25, 0.3) is 0 Å². The van der Waals surface area contributed by atoms with Crippen LogP contribution < -0.4 is 10.6 Å². The first-order chi connectivity index (χ1) is 29.6. The monoisotopic (exact) mass is 880 g/mol. The summed E-state index contributed by atoms with van der Waals surface area (Å²) in [5.41, 5.74) is -1.51. The third kappa shape index (κ3) is 11.2. The summed E-state index contributed by atoms with van der Waals surface area (Å²) in [6.07, 6.45) is -2.10. The Morgan fingerprint density at radius 2 is 1.78 bits per heavy atom. The molecule has 2 aromatic rings. The molecule has 1 aromatic carbocycles. The summed E-state index contributed by atoms with van der Waals surface area (Å²) >= 11 is 0. The maximum absolute atomic E-state index is 14.6. The molecule has 0 radical (unpaired) electrons. The van der Waals surface area contributed by atoms with E-state index < -0.39 is 102 Å². The van der Waals surface area contributed by atoms with Gasteiger partial charge in [-0.3, -0.25) is 19.4 Å². The fourth-order valence-electron chi connectivity index (χ4n) is 9.47. The number of nitrogens with zero attached hydrogens (tertiary/aromatic N) is 2. The number of carbonyl (C=O) groups excluding carboxylic acids is 5. The van der Waals surface area contributed by atoms with Gasteiger partial charge < -0.3 is 49.1 Å². The highest BCUT2D eigenvalue weighted by Gasteiger charge is 2.58. The maximum Gasteiger partial charge on any atom is 0.408 e. The van der Waals surface area contributed by atoms with Crippen molar-refractivity contribution < 1.29 is 57.5 Å². The molecule has 3 aliphatic rings. The minimum absolute atomic E-state index is 0.0525. The second kappa shape index (κ2) is 20.5. The van der Waals surface area contributed by atoms with Gasteiger partial charge in [-0.2, -0.15) is 0 Å². The van der Waals surface area contributed by atoms with Gasteiger partial charge in [-0.05, 0) is 78.7 Å². The largest absolute Gasteiger partial charge is 0.461 e. The first-order valence-corrected chi connectivity index (χ1v) is 22.2. The summed E-state index contributed by atoms with van der Waals surface area (Å²) in [7, 11) is 3.68. The van der Waals surface area contributed by atoms with Crippen molar-refractivity contribution in [3.05, 3.63) is 48.2 Å². The molecule has 3 fully saturated rings. The van der Waals surface area contributed by atoms with E-state index in [0.717, 1.165) is 16.5 Å². The van der Waals surface area contributed by atoms with Crippen LogP contribution in [0.5, 0.6) is 0 Å². The van der Waals surface area contributed by atoms with E-state index in [4.69, 9.17) is 28.4 Å². The van der Waals surface area contributed by atoms with E-state index in [1.54, 1.807) is 74.6 Å². The Morgan fingerprint density at radius 3 is 2.44 bits per heavy atom. The van der Waals surface area contributed by atoms with E-state index >= 15 is 0 Å². The number of alkyl carbamates (subject to hydrolysis) is 2. The van der Waals surface area contributed by atoms with Gasteiger partial charge in [-0.1, -0.05) is 71.9 Å². The summed E-state index contributed by atoms with van der Waals surface area (Å²) in [4.78, 5) is 75.9. The van der Waals surface area contributed by atoms with Crippen molar-refractivity contribution in [2.75, 3.05) is 20.6 Å². The lowest BCUT2D eigenvalue weighted by Crippen LogP contribution is -2.61. The third-order valence-corrected chi connectivity index (χ3v) is 13.0. The Morgan fingerprint density at radius 1 is 1.08 bits per heavy atom. The summed E-state index contributed by atoms with van der Waals surface area (Å²) in [5, 5.41) is 18.3. The molecular formula is C47H68N4O12. The zero-order chi connectivity index (χ0) is 46.6. The first-order valence-electron chi connectivity index (χ1n) is 22.2. The molecule has 0 bridgehead atoms. The van der Waals surface area contributed by atoms with E-state index in [0.29, 0.717) is 6.42 Å². The van der Waals surface area contributed by atoms with Gasteiger partial charge in [0, 0.05) is 41.9 Å². The fourth-order valence-corrected chi connectivity index (χ4v) is 9.47. The van der Waals surface area contributed by atoms with Crippen molar-refractivity contribution >= 4 is 46.9 Å². The number of esters is 2. The number of pyridine rings is 1. The molecule has 63 heavy (non-hydrogen) atoms. The highest BCUT2D eigenvalue weighted by molar-refractivity contribution is 5.85. The van der Waals surface area contributed by atoms with Crippen LogP contribution in [-0.2, 0) is 42.8 Å². The summed E-state index contributed by atoms with van der Waals surface area (Å²) in [6, 6.07) is 8.41. The number of hydrogen-bond donors (Lipinski definition) is 3. The number of carbonyl (C=O) groups is 5. The normalized spacial score (nSPS) is 35.7. The second-order valence-electron chi connectivity index (χ2n) is 18.6. The quantitative estimate of drug-likeness (QED) is 0.191. The number of cyclic esters (lactones) is 1. The van der Waals surface area contributed by atoms with Crippen molar-refractivity contribution in [1.29, 1.82) is 0 Å². The van der Waals surface area contributed by atoms with Gasteiger partial charge in [0.1, 0.15) is 35.8 Å². The zero-order valence-electron chi connectivity index (χ0n) is 38.8. The molecule has 5 rings (SSSR count). The molecule has 14 atom stereocenters. The fraction of sp³-hybridized carbons (Fsp3) is 0.660. The molecule has 348 valence electrons. The molecular weight excluding hydrogens is 813 g/mol. The molecule has 0 unspecified atom stereocenters. The minimum Gasteiger partial charge on any atom is -0.461 e. The number of likely N-dealkylation sites (N-methyl/N-ethyl adjacent to an activating group) is 1. The number of ether oxygens (including phenoxy) is 6. The SMILES string of the molecule is CC[C@H]1OC(=O)[C@H](C)[C@@H](OC(=O)C(C)C)[C@H](C)[C@@H](O[C@@H]2O[C@H](C)C[C@H](N(C)C)[C@H]2O)[C@](C)(OC(=O)NC/C=C/c2cnc3ccccc3c2)C[C@@H](C)C(=O)[C@H](C)[C@H]2NC(=O)O[C@@]21C. The summed E-state index contributed by atoms with van der Waals surface area (Å²) in [6.45, 7) is 16.9. The number of hydrogen-bond acceptors (Lipinski definition) is 14. The summed E-state index contributed by atoms with van der Waals surface area (Å²) in [5.74, 6) is -6.09. The van der Waals surface area contributed by atoms with Gasteiger partial charge in [0.2, 0.25) is 0 Å². The number of fused-ring (bicyclic) bond motifs is 2. The highest BCUT2D eigenvalue weighted by Crippen LogP contribution is 2.42. The number of benzene rings is 1. The summed E-state index contributed by atoms with van der Waals surface area (Å²) < 4.78 is 37.7. The van der Waals surface area contributed by atoms with Gasteiger partial charge in [0.05, 0.1) is 29.5 Å². The van der Waals surface area contributed by atoms with Gasteiger partial charge in [0.15, 0.2) is 11.9 Å². The number of Topliss-reactive ketones (excluding diaryl/α,β-unsaturated/α-hetero) is 1. The number of nitrogens with one attached hydrogen (secondary N) is 2. The standard InChI is InChI=1S/C47H68N4O12/c1-13-35-47(10)39(50-45(57)63-47)28(6)36(52)26(4)23-46(9,62-44(56)48-20-16-17-31-22-32-18-14-15-19-33(32)49-24-31)40(61-43-37(53)34(51(11)12)21-27(5)58-43)29(7)38(30(8)42(55)59-35)60-41(54)25(2)3/h14-19,22,24-30,34-35,37-40,43,53H,13,20-21,23H2,1-12H3,(H,48,56)(H,50,57)/b17-16+/t26-,27-,28+,29+,30-,34+,35-,37-,38+,39-,40-,43+,46-,47-/m1/s1. The van der Waals surface area contributed by atoms with E-state index in [2.05, 4.69) is 15.6 Å². The molecule has 2 amide bonds. The molecule has 3 aliphatic heterocycles. The van der Waals surface area contributed by atoms with Crippen LogP contribution in [0.3, 0.4) is 0 Å². The smallest absolute Gasteiger partial charge is 0.408 e. The molecule has 0 aliphatic carbocycles. The topological polar surface area (TPSA) is 201 Å². The Kier molecular flexibility index (Phi) is 16.0. The number of amides is 2. The van der Waals surface area contributed by atoms with Crippen molar-refractivity contribution in [3.63, 3.8) is 0 Å². The molecule has 1 aromatic heterocycles.